The first kappa shape index (κ1) is 14.5. The van der Waals surface area contributed by atoms with Crippen LogP contribution in [0, 0.1) is 0 Å². The number of carbonyl (C=O) groups is 1. The lowest BCUT2D eigenvalue weighted by Gasteiger charge is -2.35. The molecule has 2 unspecified atom stereocenters. The van der Waals surface area contributed by atoms with Crippen LogP contribution >= 0.6 is 15.9 Å². The summed E-state index contributed by atoms with van der Waals surface area (Å²) in [4.78, 5) is 14.1. The quantitative estimate of drug-likeness (QED) is 0.781. The van der Waals surface area contributed by atoms with E-state index in [0.717, 1.165) is 0 Å². The van der Waals surface area contributed by atoms with Gasteiger partial charge in [0, 0.05) is 31.6 Å². The van der Waals surface area contributed by atoms with Gasteiger partial charge in [-0.25, -0.2) is 0 Å². The SMILES string of the molecule is COCc1cc(C(=O)N2CC(C)OC(CBr)C2)no1. The van der Waals surface area contributed by atoms with E-state index in [4.69, 9.17) is 14.0 Å². The van der Waals surface area contributed by atoms with Crippen molar-refractivity contribution in [1.82, 2.24) is 10.1 Å². The van der Waals surface area contributed by atoms with Crippen molar-refractivity contribution >= 4 is 21.8 Å². The highest BCUT2D eigenvalue weighted by atomic mass is 79.9. The fourth-order valence-electron chi connectivity index (χ4n) is 2.08. The highest BCUT2D eigenvalue weighted by Gasteiger charge is 2.29. The minimum atomic E-state index is -0.132. The van der Waals surface area contributed by atoms with Gasteiger partial charge in [-0.15, -0.1) is 0 Å². The molecule has 0 N–H and O–H groups in total. The molecule has 19 heavy (non-hydrogen) atoms. The summed E-state index contributed by atoms with van der Waals surface area (Å²) in [5.41, 5.74) is 0.314. The number of ether oxygens (including phenoxy) is 2. The molecule has 2 atom stereocenters. The largest absolute Gasteiger partial charge is 0.377 e. The minimum absolute atomic E-state index is 0.0121. The normalized spacial score (nSPS) is 23.6. The highest BCUT2D eigenvalue weighted by molar-refractivity contribution is 9.09. The number of halogens is 1. The Balaban J connectivity index is 2.05. The van der Waals surface area contributed by atoms with Crippen LogP contribution in [0.25, 0.3) is 0 Å². The molecule has 106 valence electrons. The first-order valence-electron chi connectivity index (χ1n) is 6.09. The van der Waals surface area contributed by atoms with E-state index in [-0.39, 0.29) is 18.1 Å². The van der Waals surface area contributed by atoms with Crippen molar-refractivity contribution in [1.29, 1.82) is 0 Å². The molecule has 2 rings (SSSR count). The number of alkyl halides is 1. The number of methoxy groups -OCH3 is 1. The Hall–Kier alpha value is -0.920. The monoisotopic (exact) mass is 332 g/mol. The average Bonchev–Trinajstić information content (AvgIpc) is 2.86. The zero-order valence-electron chi connectivity index (χ0n) is 11.0. The van der Waals surface area contributed by atoms with E-state index in [0.29, 0.717) is 36.5 Å². The third kappa shape index (κ3) is 3.55. The topological polar surface area (TPSA) is 64.8 Å². The van der Waals surface area contributed by atoms with Crippen LogP contribution < -0.4 is 0 Å². The molecule has 7 heteroatoms. The lowest BCUT2D eigenvalue weighted by atomic mass is 10.2. The fourth-order valence-corrected chi connectivity index (χ4v) is 2.44. The molecule has 0 saturated carbocycles. The molecule has 1 saturated heterocycles. The van der Waals surface area contributed by atoms with Crippen LogP contribution in [0.1, 0.15) is 23.2 Å². The van der Waals surface area contributed by atoms with Crippen molar-refractivity contribution in [2.75, 3.05) is 25.5 Å². The first-order chi connectivity index (χ1) is 9.13. The average molecular weight is 333 g/mol. The van der Waals surface area contributed by atoms with E-state index in [2.05, 4.69) is 21.1 Å². The van der Waals surface area contributed by atoms with E-state index < -0.39 is 0 Å². The number of nitrogens with zero attached hydrogens (tertiary/aromatic N) is 2. The van der Waals surface area contributed by atoms with E-state index in [1.165, 1.54) is 0 Å². The molecule has 0 bridgehead atoms. The minimum Gasteiger partial charge on any atom is -0.377 e. The second-order valence-corrected chi connectivity index (χ2v) is 5.19. The van der Waals surface area contributed by atoms with Crippen molar-refractivity contribution in [3.8, 4) is 0 Å². The van der Waals surface area contributed by atoms with Gasteiger partial charge >= 0.3 is 0 Å². The summed E-state index contributed by atoms with van der Waals surface area (Å²) in [5, 5.41) is 4.49. The molecule has 0 spiro atoms. The maximum atomic E-state index is 12.3. The third-order valence-electron chi connectivity index (χ3n) is 2.85. The summed E-state index contributed by atoms with van der Waals surface area (Å²) in [6.45, 7) is 3.38. The summed E-state index contributed by atoms with van der Waals surface area (Å²) < 4.78 is 15.7. The molecule has 0 radical (unpaired) electrons. The zero-order valence-corrected chi connectivity index (χ0v) is 12.6. The Morgan fingerprint density at radius 3 is 3.11 bits per heavy atom. The summed E-state index contributed by atoms with van der Waals surface area (Å²) in [5.74, 6) is 0.413. The van der Waals surface area contributed by atoms with Gasteiger partial charge in [0.25, 0.3) is 5.91 Å². The van der Waals surface area contributed by atoms with Crippen LogP contribution in [-0.4, -0.2) is 53.7 Å². The van der Waals surface area contributed by atoms with Gasteiger partial charge in [-0.2, -0.15) is 0 Å². The molecular weight excluding hydrogens is 316 g/mol. The molecule has 0 aliphatic carbocycles. The number of hydrogen-bond acceptors (Lipinski definition) is 5. The van der Waals surface area contributed by atoms with Gasteiger partial charge in [0.2, 0.25) is 0 Å². The number of morpholine rings is 1. The van der Waals surface area contributed by atoms with Gasteiger partial charge in [0.15, 0.2) is 11.5 Å². The van der Waals surface area contributed by atoms with Gasteiger partial charge in [-0.3, -0.25) is 4.79 Å². The van der Waals surface area contributed by atoms with E-state index in [1.54, 1.807) is 18.1 Å². The van der Waals surface area contributed by atoms with Gasteiger partial charge < -0.3 is 18.9 Å². The summed E-state index contributed by atoms with van der Waals surface area (Å²) in [7, 11) is 1.56. The van der Waals surface area contributed by atoms with Gasteiger partial charge in [0.1, 0.15) is 6.61 Å². The van der Waals surface area contributed by atoms with Crippen LogP contribution in [-0.2, 0) is 16.1 Å². The maximum absolute atomic E-state index is 12.3. The summed E-state index contributed by atoms with van der Waals surface area (Å²) in [6, 6.07) is 1.62. The predicted molar refractivity (Wildman–Crippen MR) is 71.2 cm³/mol. The molecule has 1 aliphatic heterocycles. The van der Waals surface area contributed by atoms with Gasteiger partial charge in [-0.1, -0.05) is 21.1 Å². The number of rotatable bonds is 4. The van der Waals surface area contributed by atoms with Gasteiger partial charge in [0.05, 0.1) is 12.2 Å². The Bertz CT molecular complexity index is 437. The third-order valence-corrected chi connectivity index (χ3v) is 3.57. The van der Waals surface area contributed by atoms with Crippen LogP contribution in [0.2, 0.25) is 0 Å². The summed E-state index contributed by atoms with van der Waals surface area (Å²) in [6.07, 6.45) is 0.0312. The van der Waals surface area contributed by atoms with Crippen molar-refractivity contribution in [2.45, 2.75) is 25.7 Å². The standard InChI is InChI=1S/C12H17BrN2O4/c1-8-5-15(6-10(4-13)18-8)12(16)11-3-9(7-17-2)19-14-11/h3,8,10H,4-7H2,1-2H3. The molecule has 1 aromatic rings. The van der Waals surface area contributed by atoms with Crippen LogP contribution in [0.5, 0.6) is 0 Å². The second kappa shape index (κ2) is 6.49. The molecule has 2 heterocycles. The molecule has 1 aromatic heterocycles. The molecule has 6 nitrogen and oxygen atoms in total. The van der Waals surface area contributed by atoms with Gasteiger partial charge in [-0.05, 0) is 6.92 Å². The van der Waals surface area contributed by atoms with E-state index in [9.17, 15) is 4.79 Å². The smallest absolute Gasteiger partial charge is 0.276 e. The van der Waals surface area contributed by atoms with E-state index in [1.807, 2.05) is 6.92 Å². The number of amides is 1. The van der Waals surface area contributed by atoms with Crippen LogP contribution in [0.3, 0.4) is 0 Å². The van der Waals surface area contributed by atoms with Crippen molar-refractivity contribution in [2.24, 2.45) is 0 Å². The second-order valence-electron chi connectivity index (χ2n) is 4.54. The van der Waals surface area contributed by atoms with Crippen molar-refractivity contribution in [3.63, 3.8) is 0 Å². The lowest BCUT2D eigenvalue weighted by molar-refractivity contribution is -0.0561. The molecule has 1 fully saturated rings. The molecule has 0 aromatic carbocycles. The molecular formula is C12H17BrN2O4. The Morgan fingerprint density at radius 1 is 1.63 bits per heavy atom. The Kier molecular flexibility index (Phi) is 4.95. The van der Waals surface area contributed by atoms with Crippen molar-refractivity contribution in [3.05, 3.63) is 17.5 Å². The maximum Gasteiger partial charge on any atom is 0.276 e. The summed E-state index contributed by atoms with van der Waals surface area (Å²) >= 11 is 3.38. The van der Waals surface area contributed by atoms with Crippen LogP contribution in [0.15, 0.2) is 10.6 Å². The molecule has 1 amide bonds. The Labute approximate surface area is 120 Å². The first-order valence-corrected chi connectivity index (χ1v) is 7.21. The number of hydrogen-bond donors (Lipinski definition) is 0. The zero-order chi connectivity index (χ0) is 13.8. The highest BCUT2D eigenvalue weighted by Crippen LogP contribution is 2.16. The lowest BCUT2D eigenvalue weighted by Crippen LogP contribution is -2.49. The number of carbonyl (C=O) groups excluding carboxylic acids is 1. The van der Waals surface area contributed by atoms with Crippen molar-refractivity contribution < 1.29 is 18.8 Å². The number of aromatic nitrogens is 1. The predicted octanol–water partition coefficient (Wildman–Crippen LogP) is 1.45. The molecule has 1 aliphatic rings. The van der Waals surface area contributed by atoms with Crippen LogP contribution in [0.4, 0.5) is 0 Å². The Morgan fingerprint density at radius 2 is 2.42 bits per heavy atom. The fraction of sp³-hybridized carbons (Fsp3) is 0.667. The van der Waals surface area contributed by atoms with E-state index >= 15 is 0 Å².